The van der Waals surface area contributed by atoms with Crippen LogP contribution in [0.2, 0.25) is 0 Å². The van der Waals surface area contributed by atoms with Crippen LogP contribution in [0.1, 0.15) is 24.6 Å². The Balaban J connectivity index is 1.78. The molecule has 5 nitrogen and oxygen atoms in total. The highest BCUT2D eigenvalue weighted by Crippen LogP contribution is 2.27. The van der Waals surface area contributed by atoms with Gasteiger partial charge in [-0.3, -0.25) is 9.78 Å². The van der Waals surface area contributed by atoms with Crippen LogP contribution in [-0.2, 0) is 9.53 Å². The fraction of sp³-hybridized carbons (Fsp3) is 0.462. The number of aliphatic imine (C=N–C) groups is 1. The lowest BCUT2D eigenvalue weighted by Crippen LogP contribution is -2.38. The van der Waals surface area contributed by atoms with Crippen molar-refractivity contribution in [2.75, 3.05) is 13.1 Å². The molecule has 0 aliphatic carbocycles. The van der Waals surface area contributed by atoms with Gasteiger partial charge < -0.3 is 9.64 Å². The molecular formula is C13H15N3O2. The average Bonchev–Trinajstić information content (AvgIpc) is 3.10. The van der Waals surface area contributed by atoms with Crippen LogP contribution in [0.25, 0.3) is 0 Å². The molecule has 3 rings (SSSR count). The van der Waals surface area contributed by atoms with Crippen molar-refractivity contribution in [1.82, 2.24) is 9.88 Å². The van der Waals surface area contributed by atoms with E-state index in [2.05, 4.69) is 9.98 Å². The summed E-state index contributed by atoms with van der Waals surface area (Å²) < 4.78 is 5.43. The van der Waals surface area contributed by atoms with Crippen LogP contribution in [-0.4, -0.2) is 41.3 Å². The van der Waals surface area contributed by atoms with Crippen LogP contribution in [0.15, 0.2) is 29.4 Å². The Morgan fingerprint density at radius 1 is 1.33 bits per heavy atom. The van der Waals surface area contributed by atoms with Crippen molar-refractivity contribution < 1.29 is 9.53 Å². The smallest absolute Gasteiger partial charge is 0.251 e. The van der Waals surface area contributed by atoms with Crippen LogP contribution in [0.4, 0.5) is 0 Å². The summed E-state index contributed by atoms with van der Waals surface area (Å²) in [5.74, 6) is 0.0527. The molecule has 2 aliphatic heterocycles. The highest BCUT2D eigenvalue weighted by molar-refractivity contribution is 5.85. The van der Waals surface area contributed by atoms with Gasteiger partial charge >= 0.3 is 0 Å². The molecule has 5 heteroatoms. The molecule has 2 aliphatic rings. The monoisotopic (exact) mass is 245 g/mol. The maximum Gasteiger partial charge on any atom is 0.251 e. The summed E-state index contributed by atoms with van der Waals surface area (Å²) >= 11 is 0. The molecule has 0 N–H and O–H groups in total. The molecule has 0 aromatic carbocycles. The summed E-state index contributed by atoms with van der Waals surface area (Å²) in [7, 11) is 0. The first-order valence-corrected chi connectivity index (χ1v) is 6.23. The second-order valence-corrected chi connectivity index (χ2v) is 4.54. The number of carbonyl (C=O) groups is 1. The van der Waals surface area contributed by atoms with Gasteiger partial charge in [0.05, 0.1) is 5.69 Å². The number of hydrogen-bond acceptors (Lipinski definition) is 4. The minimum absolute atomic E-state index is 0.0527. The number of nitrogens with zero attached hydrogens (tertiary/aromatic N) is 3. The molecule has 3 heterocycles. The third kappa shape index (κ3) is 1.96. The lowest BCUT2D eigenvalue weighted by atomic mass is 10.1. The molecule has 1 amide bonds. The van der Waals surface area contributed by atoms with E-state index < -0.39 is 6.04 Å². The van der Waals surface area contributed by atoms with Crippen LogP contribution in [0, 0.1) is 0 Å². The predicted molar refractivity (Wildman–Crippen MR) is 66.2 cm³/mol. The van der Waals surface area contributed by atoms with Gasteiger partial charge in [-0.05, 0) is 25.0 Å². The standard InChI is InChI=1S/C13H15N3O2/c17-13(16-7-3-4-8-16)11-12(18-9-15-11)10-5-1-2-6-14-10/h1-2,5-6,9,11-12H,3-4,7-8H2/t11-,12+/m0/s1. The van der Waals surface area contributed by atoms with E-state index in [0.717, 1.165) is 31.6 Å². The molecule has 2 atom stereocenters. The molecule has 1 aromatic rings. The van der Waals surface area contributed by atoms with Crippen LogP contribution < -0.4 is 0 Å². The van der Waals surface area contributed by atoms with E-state index in [1.807, 2.05) is 23.1 Å². The Hall–Kier alpha value is -1.91. The van der Waals surface area contributed by atoms with Gasteiger partial charge in [-0.15, -0.1) is 0 Å². The molecule has 0 saturated carbocycles. The van der Waals surface area contributed by atoms with Crippen molar-refractivity contribution in [3.05, 3.63) is 30.1 Å². The van der Waals surface area contributed by atoms with Crippen LogP contribution in [0.3, 0.4) is 0 Å². The molecule has 18 heavy (non-hydrogen) atoms. The summed E-state index contributed by atoms with van der Waals surface area (Å²) in [6.07, 6.45) is 4.86. The summed E-state index contributed by atoms with van der Waals surface area (Å²) in [6, 6.07) is 5.12. The van der Waals surface area contributed by atoms with E-state index in [1.54, 1.807) is 6.20 Å². The number of rotatable bonds is 2. The molecule has 1 fully saturated rings. The normalized spacial score (nSPS) is 26.3. The molecule has 0 radical (unpaired) electrons. The van der Waals surface area contributed by atoms with Crippen molar-refractivity contribution in [1.29, 1.82) is 0 Å². The zero-order chi connectivity index (χ0) is 12.4. The molecule has 94 valence electrons. The van der Waals surface area contributed by atoms with Gasteiger partial charge in [0.2, 0.25) is 0 Å². The Kier molecular flexibility index (Phi) is 2.96. The van der Waals surface area contributed by atoms with Crippen molar-refractivity contribution in [2.45, 2.75) is 25.0 Å². The van der Waals surface area contributed by atoms with Gasteiger partial charge in [-0.1, -0.05) is 6.07 Å². The van der Waals surface area contributed by atoms with Gasteiger partial charge in [0.15, 0.2) is 18.5 Å². The van der Waals surface area contributed by atoms with E-state index >= 15 is 0 Å². The Morgan fingerprint density at radius 2 is 2.17 bits per heavy atom. The summed E-state index contributed by atoms with van der Waals surface area (Å²) in [4.78, 5) is 22.6. The number of ether oxygens (including phenoxy) is 1. The minimum Gasteiger partial charge on any atom is -0.471 e. The molecule has 1 saturated heterocycles. The van der Waals surface area contributed by atoms with Gasteiger partial charge in [0, 0.05) is 19.3 Å². The van der Waals surface area contributed by atoms with E-state index in [-0.39, 0.29) is 12.0 Å². The number of pyridine rings is 1. The highest BCUT2D eigenvalue weighted by Gasteiger charge is 2.37. The van der Waals surface area contributed by atoms with Crippen molar-refractivity contribution in [3.63, 3.8) is 0 Å². The van der Waals surface area contributed by atoms with Gasteiger partial charge in [0.25, 0.3) is 5.91 Å². The van der Waals surface area contributed by atoms with E-state index in [1.165, 1.54) is 6.40 Å². The zero-order valence-electron chi connectivity index (χ0n) is 10.0. The maximum atomic E-state index is 12.3. The predicted octanol–water partition coefficient (Wildman–Crippen LogP) is 1.17. The van der Waals surface area contributed by atoms with Crippen molar-refractivity contribution in [2.24, 2.45) is 4.99 Å². The third-order valence-electron chi connectivity index (χ3n) is 3.37. The van der Waals surface area contributed by atoms with Gasteiger partial charge in [0.1, 0.15) is 0 Å². The minimum atomic E-state index is -0.474. The molecule has 1 aromatic heterocycles. The van der Waals surface area contributed by atoms with Crippen LogP contribution >= 0.6 is 0 Å². The number of hydrogen-bond donors (Lipinski definition) is 0. The van der Waals surface area contributed by atoms with E-state index in [9.17, 15) is 4.79 Å². The Labute approximate surface area is 105 Å². The largest absolute Gasteiger partial charge is 0.471 e. The lowest BCUT2D eigenvalue weighted by molar-refractivity contribution is -0.133. The molecular weight excluding hydrogens is 230 g/mol. The van der Waals surface area contributed by atoms with Crippen LogP contribution in [0.5, 0.6) is 0 Å². The summed E-state index contributed by atoms with van der Waals surface area (Å²) in [5.41, 5.74) is 0.757. The zero-order valence-corrected chi connectivity index (χ0v) is 10.0. The highest BCUT2D eigenvalue weighted by atomic mass is 16.5. The van der Waals surface area contributed by atoms with Gasteiger partial charge in [-0.25, -0.2) is 4.99 Å². The number of carbonyl (C=O) groups excluding carboxylic acids is 1. The molecule has 0 unspecified atom stereocenters. The number of likely N-dealkylation sites (tertiary alicyclic amines) is 1. The Bertz CT molecular complexity index is 455. The van der Waals surface area contributed by atoms with Crippen molar-refractivity contribution >= 4 is 12.3 Å². The second kappa shape index (κ2) is 4.76. The molecule has 0 bridgehead atoms. The topological polar surface area (TPSA) is 54.8 Å². The SMILES string of the molecule is O=C([C@H]1N=CO[C@@H]1c1ccccn1)N1CCCC1. The fourth-order valence-corrected chi connectivity index (χ4v) is 2.41. The van der Waals surface area contributed by atoms with Gasteiger partial charge in [-0.2, -0.15) is 0 Å². The first kappa shape index (κ1) is 11.2. The van der Waals surface area contributed by atoms with Crippen molar-refractivity contribution in [3.8, 4) is 0 Å². The maximum absolute atomic E-state index is 12.3. The average molecular weight is 245 g/mol. The first-order chi connectivity index (χ1) is 8.86. The second-order valence-electron chi connectivity index (χ2n) is 4.54. The Morgan fingerprint density at radius 3 is 2.89 bits per heavy atom. The summed E-state index contributed by atoms with van der Waals surface area (Å²) in [5, 5.41) is 0. The third-order valence-corrected chi connectivity index (χ3v) is 3.37. The first-order valence-electron chi connectivity index (χ1n) is 6.23. The number of aromatic nitrogens is 1. The quantitative estimate of drug-likeness (QED) is 0.786. The number of amides is 1. The molecule has 0 spiro atoms. The summed E-state index contributed by atoms with van der Waals surface area (Å²) in [6.45, 7) is 1.67. The van der Waals surface area contributed by atoms with E-state index in [4.69, 9.17) is 4.74 Å². The van der Waals surface area contributed by atoms with E-state index in [0.29, 0.717) is 0 Å². The fourth-order valence-electron chi connectivity index (χ4n) is 2.41. The lowest BCUT2D eigenvalue weighted by Gasteiger charge is -2.21.